The van der Waals surface area contributed by atoms with Gasteiger partial charge in [-0.05, 0) is 37.7 Å². The summed E-state index contributed by atoms with van der Waals surface area (Å²) in [6, 6.07) is 3.35. The maximum atomic E-state index is 13.5. The second kappa shape index (κ2) is 4.49. The molecule has 15 heavy (non-hydrogen) atoms. The molecule has 1 heterocycles. The standard InChI is InChI=1S/C11H14FNO2/c1-13-3-2-8-6-9(12)11-10(7-8)14-4-5-15-11/h6-7,13H,2-5H2,1H3. The third-order valence-electron chi connectivity index (χ3n) is 2.32. The van der Waals surface area contributed by atoms with Crippen LogP contribution in [0.3, 0.4) is 0 Å². The first kappa shape index (κ1) is 10.2. The first-order valence-electron chi connectivity index (χ1n) is 5.04. The van der Waals surface area contributed by atoms with E-state index in [2.05, 4.69) is 5.32 Å². The van der Waals surface area contributed by atoms with Crippen molar-refractivity contribution in [3.05, 3.63) is 23.5 Å². The van der Waals surface area contributed by atoms with E-state index in [0.29, 0.717) is 19.0 Å². The van der Waals surface area contributed by atoms with Crippen LogP contribution >= 0.6 is 0 Å². The van der Waals surface area contributed by atoms with Crippen molar-refractivity contribution < 1.29 is 13.9 Å². The zero-order valence-corrected chi connectivity index (χ0v) is 8.68. The molecule has 3 nitrogen and oxygen atoms in total. The molecule has 0 aromatic heterocycles. The molecule has 4 heteroatoms. The van der Waals surface area contributed by atoms with E-state index >= 15 is 0 Å². The molecule has 0 saturated heterocycles. The van der Waals surface area contributed by atoms with E-state index in [1.807, 2.05) is 13.1 Å². The van der Waals surface area contributed by atoms with Crippen molar-refractivity contribution in [2.24, 2.45) is 0 Å². The van der Waals surface area contributed by atoms with Crippen molar-refractivity contribution in [2.75, 3.05) is 26.8 Å². The van der Waals surface area contributed by atoms with Crippen LogP contribution in [0.5, 0.6) is 11.5 Å². The lowest BCUT2D eigenvalue weighted by molar-refractivity contribution is 0.164. The van der Waals surface area contributed by atoms with E-state index in [9.17, 15) is 4.39 Å². The molecule has 82 valence electrons. The summed E-state index contributed by atoms with van der Waals surface area (Å²) in [5.74, 6) is 0.431. The first-order valence-corrected chi connectivity index (χ1v) is 5.04. The summed E-state index contributed by atoms with van der Waals surface area (Å²) < 4.78 is 24.1. The quantitative estimate of drug-likeness (QED) is 0.818. The number of hydrogen-bond acceptors (Lipinski definition) is 3. The van der Waals surface area contributed by atoms with Gasteiger partial charge in [0.1, 0.15) is 13.2 Å². The molecule has 0 bridgehead atoms. The van der Waals surface area contributed by atoms with Gasteiger partial charge in [-0.15, -0.1) is 0 Å². The van der Waals surface area contributed by atoms with Crippen molar-refractivity contribution in [2.45, 2.75) is 6.42 Å². The summed E-state index contributed by atoms with van der Waals surface area (Å²) in [5, 5.41) is 3.02. The third kappa shape index (κ3) is 2.21. The fourth-order valence-electron chi connectivity index (χ4n) is 1.58. The summed E-state index contributed by atoms with van der Waals surface area (Å²) >= 11 is 0. The molecule has 2 rings (SSSR count). The number of benzene rings is 1. The average Bonchev–Trinajstić information content (AvgIpc) is 2.26. The molecule has 0 spiro atoms. The Labute approximate surface area is 88.2 Å². The van der Waals surface area contributed by atoms with E-state index < -0.39 is 0 Å². The van der Waals surface area contributed by atoms with Gasteiger partial charge >= 0.3 is 0 Å². The number of rotatable bonds is 3. The van der Waals surface area contributed by atoms with Crippen LogP contribution in [0, 0.1) is 5.82 Å². The number of hydrogen-bond donors (Lipinski definition) is 1. The molecule has 1 aliphatic rings. The molecule has 1 aromatic rings. The first-order chi connectivity index (χ1) is 7.31. The predicted molar refractivity (Wildman–Crippen MR) is 55.0 cm³/mol. The minimum absolute atomic E-state index is 0.245. The fraction of sp³-hybridized carbons (Fsp3) is 0.455. The zero-order valence-electron chi connectivity index (χ0n) is 8.68. The number of halogens is 1. The van der Waals surface area contributed by atoms with Crippen molar-refractivity contribution in [3.8, 4) is 11.5 Å². The number of ether oxygens (including phenoxy) is 2. The summed E-state index contributed by atoms with van der Waals surface area (Å²) in [6.45, 7) is 1.72. The van der Waals surface area contributed by atoms with E-state index in [1.54, 1.807) is 0 Å². The third-order valence-corrected chi connectivity index (χ3v) is 2.32. The zero-order chi connectivity index (χ0) is 10.7. The minimum atomic E-state index is -0.335. The molecular formula is C11H14FNO2. The molecular weight excluding hydrogens is 197 g/mol. The molecule has 1 aromatic carbocycles. The molecule has 0 aliphatic carbocycles. The molecule has 0 unspecified atom stereocenters. The van der Waals surface area contributed by atoms with Crippen LogP contribution in [0.1, 0.15) is 5.56 Å². The van der Waals surface area contributed by atoms with Gasteiger partial charge < -0.3 is 14.8 Å². The van der Waals surface area contributed by atoms with Crippen LogP contribution in [0.15, 0.2) is 12.1 Å². The second-order valence-corrected chi connectivity index (χ2v) is 3.46. The van der Waals surface area contributed by atoms with E-state index in [0.717, 1.165) is 18.5 Å². The normalized spacial score (nSPS) is 14.0. The molecule has 0 saturated carbocycles. The number of fused-ring (bicyclic) bond motifs is 1. The summed E-state index contributed by atoms with van der Waals surface area (Å²) in [4.78, 5) is 0. The highest BCUT2D eigenvalue weighted by molar-refractivity contribution is 5.45. The highest BCUT2D eigenvalue weighted by atomic mass is 19.1. The molecule has 0 atom stereocenters. The monoisotopic (exact) mass is 211 g/mol. The highest BCUT2D eigenvalue weighted by Gasteiger charge is 2.17. The van der Waals surface area contributed by atoms with Gasteiger partial charge in [-0.3, -0.25) is 0 Å². The molecule has 0 fully saturated rings. The highest BCUT2D eigenvalue weighted by Crippen LogP contribution is 2.34. The van der Waals surface area contributed by atoms with Gasteiger partial charge in [0.15, 0.2) is 17.3 Å². The van der Waals surface area contributed by atoms with Crippen LogP contribution in [0.25, 0.3) is 0 Å². The lowest BCUT2D eigenvalue weighted by atomic mass is 10.1. The van der Waals surface area contributed by atoms with Gasteiger partial charge in [0, 0.05) is 0 Å². The van der Waals surface area contributed by atoms with Crippen molar-refractivity contribution in [1.82, 2.24) is 5.32 Å². The maximum absolute atomic E-state index is 13.5. The summed E-state index contributed by atoms with van der Waals surface area (Å²) in [6.07, 6.45) is 0.782. The molecule has 1 aliphatic heterocycles. The van der Waals surface area contributed by atoms with Crippen LogP contribution in [0.4, 0.5) is 4.39 Å². The SMILES string of the molecule is CNCCc1cc(F)c2c(c1)OCCO2. The fourth-order valence-corrected chi connectivity index (χ4v) is 1.58. The van der Waals surface area contributed by atoms with E-state index in [1.165, 1.54) is 6.07 Å². The molecule has 0 radical (unpaired) electrons. The molecule has 0 amide bonds. The Hall–Kier alpha value is -1.29. The Morgan fingerprint density at radius 3 is 2.93 bits per heavy atom. The van der Waals surface area contributed by atoms with Gasteiger partial charge in [-0.25, -0.2) is 4.39 Å². The van der Waals surface area contributed by atoms with Crippen LogP contribution in [0.2, 0.25) is 0 Å². The van der Waals surface area contributed by atoms with Crippen LogP contribution < -0.4 is 14.8 Å². The Morgan fingerprint density at radius 2 is 2.13 bits per heavy atom. The Balaban J connectivity index is 2.24. The van der Waals surface area contributed by atoms with Gasteiger partial charge in [0.05, 0.1) is 0 Å². The van der Waals surface area contributed by atoms with Crippen molar-refractivity contribution >= 4 is 0 Å². The predicted octanol–water partition coefficient (Wildman–Crippen LogP) is 1.36. The largest absolute Gasteiger partial charge is 0.486 e. The smallest absolute Gasteiger partial charge is 0.197 e. The van der Waals surface area contributed by atoms with Gasteiger partial charge in [-0.2, -0.15) is 0 Å². The molecule has 1 N–H and O–H groups in total. The Kier molecular flexibility index (Phi) is 3.06. The number of nitrogens with one attached hydrogen (secondary N) is 1. The average molecular weight is 211 g/mol. The summed E-state index contributed by atoms with van der Waals surface area (Å²) in [5.41, 5.74) is 0.922. The van der Waals surface area contributed by atoms with Crippen LogP contribution in [-0.2, 0) is 6.42 Å². The lowest BCUT2D eigenvalue weighted by Crippen LogP contribution is -2.17. The van der Waals surface area contributed by atoms with Crippen LogP contribution in [-0.4, -0.2) is 26.8 Å². The Morgan fingerprint density at radius 1 is 1.33 bits per heavy atom. The second-order valence-electron chi connectivity index (χ2n) is 3.46. The van der Waals surface area contributed by atoms with Gasteiger partial charge in [-0.1, -0.05) is 0 Å². The number of likely N-dealkylation sites (N-methyl/N-ethyl adjacent to an activating group) is 1. The Bertz CT molecular complexity index is 355. The minimum Gasteiger partial charge on any atom is -0.486 e. The summed E-state index contributed by atoms with van der Waals surface area (Å²) in [7, 11) is 1.87. The van der Waals surface area contributed by atoms with Gasteiger partial charge in [0.2, 0.25) is 0 Å². The van der Waals surface area contributed by atoms with E-state index in [4.69, 9.17) is 9.47 Å². The van der Waals surface area contributed by atoms with Gasteiger partial charge in [0.25, 0.3) is 0 Å². The van der Waals surface area contributed by atoms with E-state index in [-0.39, 0.29) is 11.6 Å². The topological polar surface area (TPSA) is 30.5 Å². The van der Waals surface area contributed by atoms with Crippen molar-refractivity contribution in [3.63, 3.8) is 0 Å². The van der Waals surface area contributed by atoms with Crippen molar-refractivity contribution in [1.29, 1.82) is 0 Å². The maximum Gasteiger partial charge on any atom is 0.197 e. The lowest BCUT2D eigenvalue weighted by Gasteiger charge is -2.19.